The van der Waals surface area contributed by atoms with Crippen LogP contribution in [0.3, 0.4) is 0 Å². The highest BCUT2D eigenvalue weighted by molar-refractivity contribution is 5.89. The Kier molecular flexibility index (Phi) is 4.13. The summed E-state index contributed by atoms with van der Waals surface area (Å²) in [6.07, 6.45) is 2.32. The van der Waals surface area contributed by atoms with Crippen molar-refractivity contribution in [2.75, 3.05) is 19.6 Å². The minimum absolute atomic E-state index is 0.0481. The van der Waals surface area contributed by atoms with Crippen LogP contribution in [-0.4, -0.2) is 47.9 Å². The lowest BCUT2D eigenvalue weighted by atomic mass is 10.0. The SMILES string of the molecule is CC(C)(C)N1CC(C(=O)NC2CCNCC2)CC1=O. The van der Waals surface area contributed by atoms with Crippen molar-refractivity contribution in [3.05, 3.63) is 0 Å². The zero-order valence-electron chi connectivity index (χ0n) is 12.2. The van der Waals surface area contributed by atoms with Crippen LogP contribution in [0.15, 0.2) is 0 Å². The molecule has 2 fully saturated rings. The van der Waals surface area contributed by atoms with E-state index < -0.39 is 0 Å². The van der Waals surface area contributed by atoms with Gasteiger partial charge in [-0.25, -0.2) is 0 Å². The lowest BCUT2D eigenvalue weighted by Crippen LogP contribution is -2.46. The molecule has 0 radical (unpaired) electrons. The minimum atomic E-state index is -0.194. The maximum Gasteiger partial charge on any atom is 0.225 e. The lowest BCUT2D eigenvalue weighted by molar-refractivity contribution is -0.132. The Labute approximate surface area is 115 Å². The molecule has 5 nitrogen and oxygen atoms in total. The molecular formula is C14H25N3O2. The third-order valence-electron chi connectivity index (χ3n) is 3.99. The summed E-state index contributed by atoms with van der Waals surface area (Å²) in [5.41, 5.74) is -0.194. The van der Waals surface area contributed by atoms with Crippen molar-refractivity contribution in [1.82, 2.24) is 15.5 Å². The number of piperidine rings is 1. The van der Waals surface area contributed by atoms with Gasteiger partial charge in [-0.05, 0) is 46.7 Å². The van der Waals surface area contributed by atoms with E-state index in [0.29, 0.717) is 13.0 Å². The summed E-state index contributed by atoms with van der Waals surface area (Å²) in [4.78, 5) is 26.0. The number of likely N-dealkylation sites (tertiary alicyclic amines) is 1. The van der Waals surface area contributed by atoms with E-state index in [1.54, 1.807) is 0 Å². The Morgan fingerprint density at radius 2 is 1.95 bits per heavy atom. The van der Waals surface area contributed by atoms with Crippen LogP contribution in [-0.2, 0) is 9.59 Å². The highest BCUT2D eigenvalue weighted by atomic mass is 16.2. The molecule has 2 rings (SSSR count). The van der Waals surface area contributed by atoms with Gasteiger partial charge in [0, 0.05) is 24.5 Å². The van der Waals surface area contributed by atoms with Gasteiger partial charge in [0.25, 0.3) is 0 Å². The first kappa shape index (κ1) is 14.3. The average Bonchev–Trinajstić information content (AvgIpc) is 2.72. The van der Waals surface area contributed by atoms with Crippen LogP contribution in [0.5, 0.6) is 0 Å². The van der Waals surface area contributed by atoms with Gasteiger partial charge in [0.15, 0.2) is 0 Å². The number of carbonyl (C=O) groups excluding carboxylic acids is 2. The predicted octanol–water partition coefficient (Wildman–Crippen LogP) is 0.502. The number of nitrogens with one attached hydrogen (secondary N) is 2. The largest absolute Gasteiger partial charge is 0.353 e. The average molecular weight is 267 g/mol. The molecule has 2 saturated heterocycles. The van der Waals surface area contributed by atoms with E-state index in [1.807, 2.05) is 25.7 Å². The van der Waals surface area contributed by atoms with E-state index in [1.165, 1.54) is 0 Å². The highest BCUT2D eigenvalue weighted by Gasteiger charge is 2.39. The van der Waals surface area contributed by atoms with Crippen molar-refractivity contribution in [2.45, 2.75) is 51.6 Å². The van der Waals surface area contributed by atoms with E-state index in [-0.39, 0.29) is 29.3 Å². The first-order valence-corrected chi connectivity index (χ1v) is 7.19. The molecule has 5 heteroatoms. The van der Waals surface area contributed by atoms with Gasteiger partial charge in [0.05, 0.1) is 5.92 Å². The van der Waals surface area contributed by atoms with Crippen LogP contribution in [0.1, 0.15) is 40.0 Å². The van der Waals surface area contributed by atoms with Gasteiger partial charge in [-0.3, -0.25) is 9.59 Å². The topological polar surface area (TPSA) is 61.4 Å². The number of hydrogen-bond donors (Lipinski definition) is 2. The molecule has 0 aromatic carbocycles. The van der Waals surface area contributed by atoms with E-state index in [4.69, 9.17) is 0 Å². The van der Waals surface area contributed by atoms with Crippen LogP contribution < -0.4 is 10.6 Å². The summed E-state index contributed by atoms with van der Waals surface area (Å²) < 4.78 is 0. The summed E-state index contributed by atoms with van der Waals surface area (Å²) in [5.74, 6) is -0.0356. The van der Waals surface area contributed by atoms with Gasteiger partial charge >= 0.3 is 0 Å². The van der Waals surface area contributed by atoms with Crippen LogP contribution in [0.4, 0.5) is 0 Å². The molecule has 0 spiro atoms. The molecule has 0 saturated carbocycles. The van der Waals surface area contributed by atoms with Crippen molar-refractivity contribution in [1.29, 1.82) is 0 Å². The van der Waals surface area contributed by atoms with Gasteiger partial charge in [-0.2, -0.15) is 0 Å². The molecule has 0 aliphatic carbocycles. The van der Waals surface area contributed by atoms with Gasteiger partial charge in [0.1, 0.15) is 0 Å². The van der Waals surface area contributed by atoms with E-state index in [0.717, 1.165) is 25.9 Å². The van der Waals surface area contributed by atoms with E-state index >= 15 is 0 Å². The molecule has 2 heterocycles. The molecule has 2 N–H and O–H groups in total. The number of carbonyl (C=O) groups is 2. The molecule has 1 atom stereocenters. The molecule has 0 aromatic heterocycles. The van der Waals surface area contributed by atoms with Gasteiger partial charge in [-0.15, -0.1) is 0 Å². The molecule has 2 amide bonds. The number of hydrogen-bond acceptors (Lipinski definition) is 3. The van der Waals surface area contributed by atoms with Crippen LogP contribution >= 0.6 is 0 Å². The van der Waals surface area contributed by atoms with E-state index in [9.17, 15) is 9.59 Å². The number of nitrogens with zero attached hydrogens (tertiary/aromatic N) is 1. The molecule has 19 heavy (non-hydrogen) atoms. The molecule has 2 aliphatic heterocycles. The molecule has 2 aliphatic rings. The maximum atomic E-state index is 12.2. The third-order valence-corrected chi connectivity index (χ3v) is 3.99. The summed E-state index contributed by atoms with van der Waals surface area (Å²) in [6.45, 7) is 8.51. The fraction of sp³-hybridized carbons (Fsp3) is 0.857. The zero-order chi connectivity index (χ0) is 14.0. The third kappa shape index (κ3) is 3.47. The molecule has 1 unspecified atom stereocenters. The van der Waals surface area contributed by atoms with Gasteiger partial charge < -0.3 is 15.5 Å². The lowest BCUT2D eigenvalue weighted by Gasteiger charge is -2.32. The molecule has 108 valence electrons. The first-order chi connectivity index (χ1) is 8.88. The van der Waals surface area contributed by atoms with Crippen LogP contribution in [0.2, 0.25) is 0 Å². The summed E-state index contributed by atoms with van der Waals surface area (Å²) >= 11 is 0. The monoisotopic (exact) mass is 267 g/mol. The molecular weight excluding hydrogens is 242 g/mol. The van der Waals surface area contributed by atoms with Gasteiger partial charge in [0.2, 0.25) is 11.8 Å². The Bertz CT molecular complexity index is 356. The van der Waals surface area contributed by atoms with Crippen molar-refractivity contribution in [3.63, 3.8) is 0 Å². The molecule has 0 aromatic rings. The minimum Gasteiger partial charge on any atom is -0.353 e. The fourth-order valence-corrected chi connectivity index (χ4v) is 2.82. The van der Waals surface area contributed by atoms with Crippen molar-refractivity contribution < 1.29 is 9.59 Å². The number of amides is 2. The second-order valence-electron chi connectivity index (χ2n) is 6.61. The Morgan fingerprint density at radius 1 is 1.32 bits per heavy atom. The smallest absolute Gasteiger partial charge is 0.225 e. The predicted molar refractivity (Wildman–Crippen MR) is 73.6 cm³/mol. The summed E-state index contributed by atoms with van der Waals surface area (Å²) in [6, 6.07) is 0.271. The Hall–Kier alpha value is -1.10. The van der Waals surface area contributed by atoms with Gasteiger partial charge in [-0.1, -0.05) is 0 Å². The maximum absolute atomic E-state index is 12.2. The second kappa shape index (κ2) is 5.49. The zero-order valence-corrected chi connectivity index (χ0v) is 12.2. The van der Waals surface area contributed by atoms with Crippen molar-refractivity contribution in [2.24, 2.45) is 5.92 Å². The number of rotatable bonds is 2. The van der Waals surface area contributed by atoms with Crippen LogP contribution in [0.25, 0.3) is 0 Å². The Balaban J connectivity index is 1.89. The van der Waals surface area contributed by atoms with Crippen LogP contribution in [0, 0.1) is 5.92 Å². The van der Waals surface area contributed by atoms with Crippen molar-refractivity contribution in [3.8, 4) is 0 Å². The molecule has 0 bridgehead atoms. The van der Waals surface area contributed by atoms with Crippen molar-refractivity contribution >= 4 is 11.8 Å². The second-order valence-corrected chi connectivity index (χ2v) is 6.61. The Morgan fingerprint density at radius 3 is 2.47 bits per heavy atom. The fourth-order valence-electron chi connectivity index (χ4n) is 2.82. The quantitative estimate of drug-likeness (QED) is 0.766. The highest BCUT2D eigenvalue weighted by Crippen LogP contribution is 2.26. The first-order valence-electron chi connectivity index (χ1n) is 7.19. The normalized spacial score (nSPS) is 25.7. The summed E-state index contributed by atoms with van der Waals surface area (Å²) in [5, 5.41) is 6.37. The summed E-state index contributed by atoms with van der Waals surface area (Å²) in [7, 11) is 0. The van der Waals surface area contributed by atoms with E-state index in [2.05, 4.69) is 10.6 Å². The standard InChI is InChI=1S/C14H25N3O2/c1-14(2,3)17-9-10(8-12(17)18)13(19)16-11-4-6-15-7-5-11/h10-11,15H,4-9H2,1-3H3,(H,16,19).